The van der Waals surface area contributed by atoms with Crippen molar-refractivity contribution in [3.05, 3.63) is 129 Å². The molecule has 3 N–H and O–H groups in total. The van der Waals surface area contributed by atoms with Crippen molar-refractivity contribution in [2.24, 2.45) is 0 Å². The number of amides is 3. The maximum Gasteiger partial charge on any atom is 0.272 e. The Kier molecular flexibility index (Phi) is 10.7. The van der Waals surface area contributed by atoms with Crippen molar-refractivity contribution in [2.75, 3.05) is 10.6 Å². The Hall–Kier alpha value is -3.82. The van der Waals surface area contributed by atoms with Crippen LogP contribution in [0, 0.1) is 5.82 Å². The lowest BCUT2D eigenvalue weighted by atomic mass is 10.1. The molecule has 0 radical (unpaired) electrons. The van der Waals surface area contributed by atoms with Crippen molar-refractivity contribution in [3.8, 4) is 0 Å². The predicted octanol–water partition coefficient (Wildman–Crippen LogP) is 8.31. The lowest BCUT2D eigenvalue weighted by Gasteiger charge is -2.15. The van der Waals surface area contributed by atoms with E-state index in [-0.39, 0.29) is 22.2 Å². The number of hydrogen-bond acceptors (Lipinski definition) is 4. The minimum Gasteiger partial charge on any atom is -0.324 e. The molecule has 0 saturated heterocycles. The molecule has 42 heavy (non-hydrogen) atoms. The first-order valence-corrected chi connectivity index (χ1v) is 14.5. The summed E-state index contributed by atoms with van der Waals surface area (Å²) in [5, 5.41) is 8.37. The van der Waals surface area contributed by atoms with Crippen molar-refractivity contribution in [2.45, 2.75) is 17.1 Å². The molecule has 0 fully saturated rings. The maximum atomic E-state index is 14.6. The number of anilines is 2. The number of halogens is 4. The largest absolute Gasteiger partial charge is 0.324 e. The molecule has 0 aliphatic carbocycles. The zero-order valence-corrected chi connectivity index (χ0v) is 25.0. The van der Waals surface area contributed by atoms with Gasteiger partial charge in [-0.3, -0.25) is 14.4 Å². The second kappa shape index (κ2) is 14.4. The van der Waals surface area contributed by atoms with Crippen LogP contribution in [0.4, 0.5) is 15.8 Å². The smallest absolute Gasteiger partial charge is 0.272 e. The summed E-state index contributed by atoms with van der Waals surface area (Å²) >= 11 is 19.5. The molecule has 1 atom stereocenters. The number of benzene rings is 4. The third-order valence-electron chi connectivity index (χ3n) is 5.78. The Bertz CT molecular complexity index is 1650. The number of thioether (sulfide) groups is 1. The zero-order chi connectivity index (χ0) is 30.2. The molecule has 1 unspecified atom stereocenters. The van der Waals surface area contributed by atoms with E-state index in [0.717, 1.165) is 0 Å². The third kappa shape index (κ3) is 8.36. The first-order valence-electron chi connectivity index (χ1n) is 12.5. The van der Waals surface area contributed by atoms with E-state index in [9.17, 15) is 18.8 Å². The highest BCUT2D eigenvalue weighted by Gasteiger charge is 2.19. The fourth-order valence-electron chi connectivity index (χ4n) is 3.66. The van der Waals surface area contributed by atoms with E-state index < -0.39 is 22.9 Å². The van der Waals surface area contributed by atoms with Crippen LogP contribution in [0.3, 0.4) is 0 Å². The van der Waals surface area contributed by atoms with Crippen LogP contribution in [0.2, 0.25) is 15.1 Å². The number of hydrogen-bond donors (Lipinski definition) is 3. The van der Waals surface area contributed by atoms with E-state index in [1.54, 1.807) is 73.7 Å². The third-order valence-corrected chi connectivity index (χ3v) is 7.75. The van der Waals surface area contributed by atoms with Gasteiger partial charge in [-0.25, -0.2) is 4.39 Å². The van der Waals surface area contributed by atoms with Gasteiger partial charge in [0.2, 0.25) is 5.91 Å². The fraction of sp³-hybridized carbons (Fsp3) is 0.0645. The molecular weight excluding hydrogens is 620 g/mol. The van der Waals surface area contributed by atoms with Gasteiger partial charge in [0.05, 0.1) is 21.0 Å². The number of carbonyl (C=O) groups is 3. The second-order valence-electron chi connectivity index (χ2n) is 8.87. The van der Waals surface area contributed by atoms with Crippen LogP contribution in [0.25, 0.3) is 6.08 Å². The molecule has 0 heterocycles. The average Bonchev–Trinajstić information content (AvgIpc) is 2.96. The standard InChI is InChI=1S/C31H23Cl3FN3O3S/c1-18(29(39)37-27-14-13-20(32)15-25(27)34)42-22-10-5-9-21(16-22)36-31(41)28(17-23-24(33)11-6-12-26(23)35)38-30(40)19-7-3-2-4-8-19/h2-18H,1H3,(H,36,41)(H,37,39)(H,38,40)/b28-17+. The van der Waals surface area contributed by atoms with Gasteiger partial charge >= 0.3 is 0 Å². The topological polar surface area (TPSA) is 87.3 Å². The van der Waals surface area contributed by atoms with Crippen molar-refractivity contribution in [1.29, 1.82) is 0 Å². The lowest BCUT2D eigenvalue weighted by molar-refractivity contribution is -0.115. The van der Waals surface area contributed by atoms with Crippen molar-refractivity contribution in [3.63, 3.8) is 0 Å². The van der Waals surface area contributed by atoms with Crippen LogP contribution >= 0.6 is 46.6 Å². The molecule has 4 rings (SSSR count). The first kappa shape index (κ1) is 31.1. The van der Waals surface area contributed by atoms with E-state index in [1.165, 1.54) is 42.1 Å². The Morgan fingerprint density at radius 1 is 0.833 bits per heavy atom. The Morgan fingerprint density at radius 2 is 1.57 bits per heavy atom. The van der Waals surface area contributed by atoms with E-state index in [2.05, 4.69) is 16.0 Å². The summed E-state index contributed by atoms with van der Waals surface area (Å²) in [6.07, 6.45) is 1.18. The summed E-state index contributed by atoms with van der Waals surface area (Å²) in [6.45, 7) is 1.73. The monoisotopic (exact) mass is 641 g/mol. The minimum atomic E-state index is -0.705. The summed E-state index contributed by atoms with van der Waals surface area (Å²) < 4.78 is 14.6. The molecule has 0 aliphatic heterocycles. The highest BCUT2D eigenvalue weighted by atomic mass is 35.5. The Labute approximate surface area is 261 Å². The predicted molar refractivity (Wildman–Crippen MR) is 169 cm³/mol. The Balaban J connectivity index is 1.51. The summed E-state index contributed by atoms with van der Waals surface area (Å²) in [5.74, 6) is -2.21. The van der Waals surface area contributed by atoms with Gasteiger partial charge in [-0.1, -0.05) is 65.1 Å². The molecule has 0 bridgehead atoms. The molecule has 0 aromatic heterocycles. The maximum absolute atomic E-state index is 14.6. The molecule has 214 valence electrons. The summed E-state index contributed by atoms with van der Waals surface area (Å²) in [5.41, 5.74) is 0.856. The second-order valence-corrected chi connectivity index (χ2v) is 11.5. The number of rotatable bonds is 9. The van der Waals surface area contributed by atoms with E-state index >= 15 is 0 Å². The summed E-state index contributed by atoms with van der Waals surface area (Å²) in [4.78, 5) is 39.7. The minimum absolute atomic E-state index is 0.0531. The van der Waals surface area contributed by atoms with E-state index in [1.807, 2.05) is 0 Å². The average molecular weight is 643 g/mol. The van der Waals surface area contributed by atoms with Gasteiger partial charge in [0, 0.05) is 26.7 Å². The van der Waals surface area contributed by atoms with Gasteiger partial charge < -0.3 is 16.0 Å². The molecule has 0 spiro atoms. The highest BCUT2D eigenvalue weighted by Crippen LogP contribution is 2.29. The number of carbonyl (C=O) groups excluding carboxylic acids is 3. The van der Waals surface area contributed by atoms with Gasteiger partial charge in [-0.15, -0.1) is 11.8 Å². The van der Waals surface area contributed by atoms with Crippen LogP contribution in [-0.2, 0) is 9.59 Å². The van der Waals surface area contributed by atoms with Crippen LogP contribution in [0.5, 0.6) is 0 Å². The quantitative estimate of drug-likeness (QED) is 0.127. The molecular formula is C31H23Cl3FN3O3S. The van der Waals surface area contributed by atoms with Gasteiger partial charge in [0.15, 0.2) is 0 Å². The molecule has 6 nitrogen and oxygen atoms in total. The molecule has 4 aromatic carbocycles. The van der Waals surface area contributed by atoms with Crippen molar-refractivity contribution >= 4 is 81.7 Å². The van der Waals surface area contributed by atoms with Crippen molar-refractivity contribution < 1.29 is 18.8 Å². The summed E-state index contributed by atoms with van der Waals surface area (Å²) in [7, 11) is 0. The lowest BCUT2D eigenvalue weighted by Crippen LogP contribution is -2.30. The Morgan fingerprint density at radius 3 is 2.29 bits per heavy atom. The van der Waals surface area contributed by atoms with Crippen LogP contribution in [0.1, 0.15) is 22.8 Å². The highest BCUT2D eigenvalue weighted by molar-refractivity contribution is 8.00. The molecule has 3 amide bonds. The van der Waals surface area contributed by atoms with Crippen molar-refractivity contribution in [1.82, 2.24) is 5.32 Å². The SMILES string of the molecule is CC(Sc1cccc(NC(=O)/C(=C\c2c(F)cccc2Cl)NC(=O)c2ccccc2)c1)C(=O)Nc1ccc(Cl)cc1Cl. The van der Waals surface area contributed by atoms with Gasteiger partial charge in [0.1, 0.15) is 11.5 Å². The van der Waals surface area contributed by atoms with Gasteiger partial charge in [0.25, 0.3) is 11.8 Å². The molecule has 11 heteroatoms. The van der Waals surface area contributed by atoms with Gasteiger partial charge in [-0.05, 0) is 73.7 Å². The normalized spacial score (nSPS) is 11.9. The van der Waals surface area contributed by atoms with Gasteiger partial charge in [-0.2, -0.15) is 0 Å². The number of nitrogens with one attached hydrogen (secondary N) is 3. The fourth-order valence-corrected chi connectivity index (χ4v) is 5.26. The zero-order valence-electron chi connectivity index (χ0n) is 22.0. The first-order chi connectivity index (χ1) is 20.1. The molecule has 0 saturated carbocycles. The summed E-state index contributed by atoms with van der Waals surface area (Å²) in [6, 6.07) is 24.0. The molecule has 0 aliphatic rings. The van der Waals surface area contributed by atoms with Crippen LogP contribution < -0.4 is 16.0 Å². The van der Waals surface area contributed by atoms with E-state index in [4.69, 9.17) is 34.8 Å². The molecule has 4 aromatic rings. The van der Waals surface area contributed by atoms with Crippen LogP contribution in [-0.4, -0.2) is 23.0 Å². The van der Waals surface area contributed by atoms with Crippen LogP contribution in [0.15, 0.2) is 102 Å². The van der Waals surface area contributed by atoms with E-state index in [0.29, 0.717) is 31.9 Å².